The van der Waals surface area contributed by atoms with E-state index in [0.717, 1.165) is 0 Å². The Hall–Kier alpha value is -0.700. The molecule has 0 spiro atoms. The first-order chi connectivity index (χ1) is 4.06. The molecule has 0 heteroatoms. The topological polar surface area (TPSA) is 0 Å². The minimum absolute atomic E-state index is 0.111. The summed E-state index contributed by atoms with van der Waals surface area (Å²) >= 11 is 0. The van der Waals surface area contributed by atoms with Gasteiger partial charge in [-0.1, -0.05) is 17.9 Å². The Morgan fingerprint density at radius 2 is 1.89 bits per heavy atom. The van der Waals surface area contributed by atoms with Crippen LogP contribution in [0.4, 0.5) is 0 Å². The van der Waals surface area contributed by atoms with Crippen molar-refractivity contribution in [3.05, 3.63) is 19.1 Å². The molecule has 0 saturated carbocycles. The van der Waals surface area contributed by atoms with Gasteiger partial charge in [-0.2, -0.15) is 0 Å². The predicted molar refractivity (Wildman–Crippen MR) is 41.7 cm³/mol. The normalized spacial score (nSPS) is 11.1. The molecule has 0 aromatic rings. The zero-order valence-corrected chi connectivity index (χ0v) is 6.36. The lowest BCUT2D eigenvalue weighted by atomic mass is 9.98. The predicted octanol–water partition coefficient (Wildman–Crippen LogP) is 2.43. The summed E-state index contributed by atoms with van der Waals surface area (Å²) in [5.74, 6) is 5.93. The largest absolute Gasteiger partial charge is 0.0926 e. The van der Waals surface area contributed by atoms with Crippen molar-refractivity contribution >= 4 is 0 Å². The molecular formula is C9H13. The van der Waals surface area contributed by atoms with Crippen LogP contribution < -0.4 is 0 Å². The average molecular weight is 121 g/mol. The molecule has 0 aliphatic heterocycles. The first-order valence-corrected chi connectivity index (χ1v) is 3.03. The van der Waals surface area contributed by atoms with Gasteiger partial charge in [0.1, 0.15) is 0 Å². The fourth-order valence-electron chi connectivity index (χ4n) is 0.317. The molecule has 0 heterocycles. The van der Waals surface area contributed by atoms with E-state index >= 15 is 0 Å². The summed E-state index contributed by atoms with van der Waals surface area (Å²) in [6.45, 7) is 9.76. The second kappa shape index (κ2) is 3.35. The van der Waals surface area contributed by atoms with Crippen LogP contribution in [0.1, 0.15) is 20.8 Å². The van der Waals surface area contributed by atoms with Gasteiger partial charge in [-0.15, -0.1) is 0 Å². The van der Waals surface area contributed by atoms with Gasteiger partial charge < -0.3 is 0 Å². The van der Waals surface area contributed by atoms with Crippen LogP contribution in [-0.4, -0.2) is 0 Å². The summed E-state index contributed by atoms with van der Waals surface area (Å²) in [7, 11) is 0. The molecule has 0 N–H and O–H groups in total. The van der Waals surface area contributed by atoms with Crippen LogP contribution in [-0.2, 0) is 0 Å². The number of hydrogen-bond donors (Lipinski definition) is 0. The first kappa shape index (κ1) is 8.30. The molecule has 0 aromatic heterocycles. The average Bonchev–Trinajstić information content (AvgIpc) is 1.63. The van der Waals surface area contributed by atoms with Crippen LogP contribution in [0.15, 0.2) is 12.2 Å². The summed E-state index contributed by atoms with van der Waals surface area (Å²) in [4.78, 5) is 0. The van der Waals surface area contributed by atoms with E-state index in [4.69, 9.17) is 0 Å². The number of allylic oxidation sites excluding steroid dienone is 2. The molecule has 0 aliphatic carbocycles. The Balaban J connectivity index is 3.88. The maximum atomic E-state index is 3.52. The molecule has 1 radical (unpaired) electrons. The van der Waals surface area contributed by atoms with E-state index in [-0.39, 0.29) is 5.41 Å². The van der Waals surface area contributed by atoms with Gasteiger partial charge in [0.15, 0.2) is 0 Å². The maximum Gasteiger partial charge on any atom is 0.0233 e. The lowest BCUT2D eigenvalue weighted by molar-refractivity contribution is 0.571. The highest BCUT2D eigenvalue weighted by Crippen LogP contribution is 2.09. The maximum absolute atomic E-state index is 3.52. The molecule has 0 atom stereocenters. The summed E-state index contributed by atoms with van der Waals surface area (Å²) < 4.78 is 0. The zero-order chi connectivity index (χ0) is 7.33. The van der Waals surface area contributed by atoms with Gasteiger partial charge in [-0.25, -0.2) is 0 Å². The van der Waals surface area contributed by atoms with E-state index in [1.807, 2.05) is 0 Å². The Bertz CT molecular complexity index is 145. The van der Waals surface area contributed by atoms with E-state index in [1.54, 1.807) is 12.2 Å². The molecular weight excluding hydrogens is 108 g/mol. The minimum atomic E-state index is 0.111. The molecule has 0 aromatic carbocycles. The van der Waals surface area contributed by atoms with Crippen molar-refractivity contribution in [2.45, 2.75) is 20.8 Å². The molecule has 0 amide bonds. The van der Waals surface area contributed by atoms with Crippen LogP contribution in [0.2, 0.25) is 0 Å². The van der Waals surface area contributed by atoms with Crippen LogP contribution in [0.3, 0.4) is 0 Å². The minimum Gasteiger partial charge on any atom is -0.0926 e. The monoisotopic (exact) mass is 121 g/mol. The van der Waals surface area contributed by atoms with Crippen LogP contribution in [0, 0.1) is 24.2 Å². The highest BCUT2D eigenvalue weighted by Gasteiger charge is 2.01. The molecule has 0 saturated heterocycles. The van der Waals surface area contributed by atoms with Gasteiger partial charge in [0.25, 0.3) is 0 Å². The fourth-order valence-corrected chi connectivity index (χ4v) is 0.317. The third-order valence-electron chi connectivity index (χ3n) is 0.648. The van der Waals surface area contributed by atoms with E-state index < -0.39 is 0 Å². The second-order valence-electron chi connectivity index (χ2n) is 2.92. The van der Waals surface area contributed by atoms with Crippen molar-refractivity contribution in [3.8, 4) is 11.8 Å². The number of rotatable bonds is 0. The Kier molecular flexibility index (Phi) is 3.09. The van der Waals surface area contributed by atoms with Crippen LogP contribution in [0.5, 0.6) is 0 Å². The molecule has 0 fully saturated rings. The van der Waals surface area contributed by atoms with E-state index in [0.29, 0.717) is 0 Å². The molecule has 0 aliphatic rings. The Morgan fingerprint density at radius 3 is 2.22 bits per heavy atom. The Morgan fingerprint density at radius 1 is 1.33 bits per heavy atom. The summed E-state index contributed by atoms with van der Waals surface area (Å²) in [5.41, 5.74) is 0.111. The summed E-state index contributed by atoms with van der Waals surface area (Å²) in [6, 6.07) is 0. The van der Waals surface area contributed by atoms with Gasteiger partial charge in [-0.3, -0.25) is 0 Å². The van der Waals surface area contributed by atoms with Crippen molar-refractivity contribution in [1.82, 2.24) is 0 Å². The SMILES string of the molecule is [CH2]/C=C/C#CC(C)(C)C. The quantitative estimate of drug-likeness (QED) is 0.432. The third-order valence-corrected chi connectivity index (χ3v) is 0.648. The molecule has 49 valence electrons. The van der Waals surface area contributed by atoms with Crippen molar-refractivity contribution in [2.75, 3.05) is 0 Å². The lowest BCUT2D eigenvalue weighted by Crippen LogP contribution is -1.98. The molecule has 0 unspecified atom stereocenters. The molecule has 0 bridgehead atoms. The van der Waals surface area contributed by atoms with Crippen molar-refractivity contribution in [1.29, 1.82) is 0 Å². The highest BCUT2D eigenvalue weighted by atomic mass is 14.0. The van der Waals surface area contributed by atoms with Gasteiger partial charge >= 0.3 is 0 Å². The fraction of sp³-hybridized carbons (Fsp3) is 0.444. The molecule has 9 heavy (non-hydrogen) atoms. The van der Waals surface area contributed by atoms with Gasteiger partial charge in [0, 0.05) is 5.41 Å². The second-order valence-corrected chi connectivity index (χ2v) is 2.92. The first-order valence-electron chi connectivity index (χ1n) is 3.03. The zero-order valence-electron chi connectivity index (χ0n) is 6.36. The van der Waals surface area contributed by atoms with Crippen molar-refractivity contribution in [2.24, 2.45) is 5.41 Å². The number of hydrogen-bond acceptors (Lipinski definition) is 0. The van der Waals surface area contributed by atoms with Crippen LogP contribution in [0.25, 0.3) is 0 Å². The van der Waals surface area contributed by atoms with Gasteiger partial charge in [-0.05, 0) is 33.8 Å². The van der Waals surface area contributed by atoms with Gasteiger partial charge in [0.05, 0.1) is 0 Å². The standard InChI is InChI=1S/C9H13/c1-5-6-7-8-9(2,3)4/h5-6H,1H2,2-4H3/b6-5+. The van der Waals surface area contributed by atoms with Crippen molar-refractivity contribution in [3.63, 3.8) is 0 Å². The molecule has 0 nitrogen and oxygen atoms in total. The van der Waals surface area contributed by atoms with E-state index in [2.05, 4.69) is 39.5 Å². The lowest BCUT2D eigenvalue weighted by Gasteiger charge is -2.05. The van der Waals surface area contributed by atoms with Gasteiger partial charge in [0.2, 0.25) is 0 Å². The van der Waals surface area contributed by atoms with Crippen LogP contribution >= 0.6 is 0 Å². The third kappa shape index (κ3) is 7.30. The molecule has 0 rings (SSSR count). The van der Waals surface area contributed by atoms with Crippen molar-refractivity contribution < 1.29 is 0 Å². The summed E-state index contributed by atoms with van der Waals surface area (Å²) in [6.07, 6.45) is 3.45. The summed E-state index contributed by atoms with van der Waals surface area (Å²) in [5, 5.41) is 0. The highest BCUT2D eigenvalue weighted by molar-refractivity contribution is 5.19. The van der Waals surface area contributed by atoms with E-state index in [1.165, 1.54) is 0 Å². The smallest absolute Gasteiger partial charge is 0.0233 e. The Labute approximate surface area is 58.0 Å². The van der Waals surface area contributed by atoms with E-state index in [9.17, 15) is 0 Å².